The van der Waals surface area contributed by atoms with Crippen molar-refractivity contribution in [3.05, 3.63) is 24.3 Å². The molecule has 0 heterocycles. The average molecular weight is 187 g/mol. The summed E-state index contributed by atoms with van der Waals surface area (Å²) in [6, 6.07) is 6.07. The van der Waals surface area contributed by atoms with Gasteiger partial charge in [0.15, 0.2) is 0 Å². The molecule has 0 fully saturated rings. The molecule has 0 unspecified atom stereocenters. The molecule has 0 bridgehead atoms. The first-order valence-electron chi connectivity index (χ1n) is 3.07. The van der Waals surface area contributed by atoms with E-state index in [2.05, 4.69) is 10.2 Å². The molecule has 0 saturated heterocycles. The summed E-state index contributed by atoms with van der Waals surface area (Å²) >= 11 is 0. The molecule has 0 spiro atoms. The molecule has 12 heavy (non-hydrogen) atoms. The van der Waals surface area contributed by atoms with Crippen molar-refractivity contribution in [2.24, 2.45) is 0 Å². The Labute approximate surface area is 70.5 Å². The second-order valence-electron chi connectivity index (χ2n) is 2.03. The molecule has 1 rings (SSSR count). The van der Waals surface area contributed by atoms with E-state index in [1.54, 1.807) is 0 Å². The van der Waals surface area contributed by atoms with Gasteiger partial charge in [-0.2, -0.15) is 8.42 Å². The maximum atomic E-state index is 11.0. The van der Waals surface area contributed by atoms with Crippen molar-refractivity contribution in [2.75, 3.05) is 7.11 Å². The van der Waals surface area contributed by atoms with Crippen LogP contribution < -0.4 is 0 Å². The molecule has 0 aliphatic carbocycles. The molecule has 1 aromatic rings. The Morgan fingerprint density at radius 1 is 1.58 bits per heavy atom. The van der Waals surface area contributed by atoms with Crippen molar-refractivity contribution >= 4 is 10.1 Å². The fraction of sp³-hybridized carbons (Fsp3) is 0.143. The van der Waals surface area contributed by atoms with E-state index in [0.717, 1.165) is 13.2 Å². The summed E-state index contributed by atoms with van der Waals surface area (Å²) in [5, 5.41) is 8.90. The molecule has 5 heteroatoms. The minimum atomic E-state index is -3.70. The Balaban J connectivity index is 3.21. The van der Waals surface area contributed by atoms with Crippen LogP contribution in [0.2, 0.25) is 0 Å². The lowest BCUT2D eigenvalue weighted by molar-refractivity contribution is 0.396. The first-order valence-corrected chi connectivity index (χ1v) is 4.48. The number of benzene rings is 1. The van der Waals surface area contributed by atoms with E-state index in [-0.39, 0.29) is 10.6 Å². The highest BCUT2D eigenvalue weighted by Crippen LogP contribution is 2.16. The van der Waals surface area contributed by atoms with Gasteiger partial charge in [0.05, 0.1) is 12.0 Å². The fourth-order valence-electron chi connectivity index (χ4n) is 0.685. The van der Waals surface area contributed by atoms with Crippen LogP contribution in [0.25, 0.3) is 0 Å². The highest BCUT2D eigenvalue weighted by Gasteiger charge is 2.12. The number of hydrogen-bond acceptors (Lipinski definition) is 4. The van der Waals surface area contributed by atoms with Crippen LogP contribution >= 0.6 is 0 Å². The predicted molar refractivity (Wildman–Crippen MR) is 41.1 cm³/mol. The third-order valence-corrected chi connectivity index (χ3v) is 2.54. The number of hydrogen-bond donors (Lipinski definition) is 1. The van der Waals surface area contributed by atoms with Crippen molar-refractivity contribution in [3.63, 3.8) is 0 Å². The van der Waals surface area contributed by atoms with Gasteiger partial charge in [-0.1, -0.05) is 0 Å². The molecule has 0 aliphatic heterocycles. The Hall–Kier alpha value is -1.07. The second kappa shape index (κ2) is 3.12. The largest absolute Gasteiger partial charge is 0.507 e. The summed E-state index contributed by atoms with van der Waals surface area (Å²) in [4.78, 5) is -0.0822. The number of rotatable bonds is 2. The highest BCUT2D eigenvalue weighted by atomic mass is 32.2. The van der Waals surface area contributed by atoms with Crippen molar-refractivity contribution in [3.8, 4) is 5.75 Å². The van der Waals surface area contributed by atoms with Crippen LogP contribution in [0.1, 0.15) is 0 Å². The van der Waals surface area contributed by atoms with E-state index in [9.17, 15) is 8.42 Å². The van der Waals surface area contributed by atoms with Gasteiger partial charge in [-0.15, -0.1) is 0 Å². The number of phenols is 1. The van der Waals surface area contributed by atoms with Crippen molar-refractivity contribution < 1.29 is 17.7 Å². The van der Waals surface area contributed by atoms with Gasteiger partial charge in [-0.25, -0.2) is 0 Å². The second-order valence-corrected chi connectivity index (χ2v) is 3.74. The molecule has 0 amide bonds. The molecule has 65 valence electrons. The van der Waals surface area contributed by atoms with Crippen molar-refractivity contribution in [1.82, 2.24) is 0 Å². The van der Waals surface area contributed by atoms with Gasteiger partial charge < -0.3 is 5.11 Å². The summed E-state index contributed by atoms with van der Waals surface area (Å²) in [6.45, 7) is 0. The maximum Gasteiger partial charge on any atom is 0.296 e. The molecule has 0 atom stereocenters. The molecule has 1 N–H and O–H groups in total. The van der Waals surface area contributed by atoms with Crippen LogP contribution in [0.15, 0.2) is 23.1 Å². The Bertz CT molecular complexity index is 369. The zero-order valence-electron chi connectivity index (χ0n) is 6.31. The quantitative estimate of drug-likeness (QED) is 0.686. The summed E-state index contributed by atoms with van der Waals surface area (Å²) < 4.78 is 26.2. The van der Waals surface area contributed by atoms with E-state index in [4.69, 9.17) is 5.11 Å². The van der Waals surface area contributed by atoms with E-state index in [1.165, 1.54) is 12.1 Å². The van der Waals surface area contributed by atoms with Crippen LogP contribution in [0.4, 0.5) is 0 Å². The average Bonchev–Trinajstić information content (AvgIpc) is 2.05. The fourth-order valence-corrected chi connectivity index (χ4v) is 1.37. The van der Waals surface area contributed by atoms with E-state index < -0.39 is 10.1 Å². The molecule has 0 aliphatic rings. The lowest BCUT2D eigenvalue weighted by atomic mass is 10.3. The van der Waals surface area contributed by atoms with Crippen molar-refractivity contribution in [2.45, 2.75) is 4.90 Å². The van der Waals surface area contributed by atoms with Crippen LogP contribution in [-0.4, -0.2) is 20.6 Å². The number of aromatic hydroxyl groups is 1. The summed E-state index contributed by atoms with van der Waals surface area (Å²) in [5.41, 5.74) is 0. The minimum absolute atomic E-state index is 0.0822. The predicted octanol–water partition coefficient (Wildman–Crippen LogP) is 0.527. The molecule has 0 saturated carbocycles. The lowest BCUT2D eigenvalue weighted by Gasteiger charge is -1.99. The molecular formula is C7H7O4S. The SMILES string of the molecule is COS(=O)(=O)c1cc[c]c(O)c1. The molecular weight excluding hydrogens is 180 g/mol. The first-order chi connectivity index (χ1) is 5.56. The molecule has 0 aromatic heterocycles. The van der Waals surface area contributed by atoms with Gasteiger partial charge in [0.2, 0.25) is 0 Å². The summed E-state index contributed by atoms with van der Waals surface area (Å²) in [6.07, 6.45) is 0. The Kier molecular flexibility index (Phi) is 2.35. The first kappa shape index (κ1) is 9.02. The third-order valence-electron chi connectivity index (χ3n) is 1.27. The maximum absolute atomic E-state index is 11.0. The van der Waals surface area contributed by atoms with Gasteiger partial charge in [0.1, 0.15) is 5.75 Å². The van der Waals surface area contributed by atoms with Gasteiger partial charge in [-0.3, -0.25) is 4.18 Å². The van der Waals surface area contributed by atoms with Gasteiger partial charge in [0.25, 0.3) is 10.1 Å². The topological polar surface area (TPSA) is 63.6 Å². The molecule has 1 aromatic carbocycles. The van der Waals surface area contributed by atoms with Gasteiger partial charge in [0, 0.05) is 12.1 Å². The lowest BCUT2D eigenvalue weighted by Crippen LogP contribution is -2.01. The van der Waals surface area contributed by atoms with Crippen molar-refractivity contribution in [1.29, 1.82) is 0 Å². The van der Waals surface area contributed by atoms with E-state index >= 15 is 0 Å². The molecule has 4 nitrogen and oxygen atoms in total. The van der Waals surface area contributed by atoms with Crippen LogP contribution in [0.3, 0.4) is 0 Å². The van der Waals surface area contributed by atoms with Gasteiger partial charge in [-0.05, 0) is 12.1 Å². The van der Waals surface area contributed by atoms with Crippen LogP contribution in [-0.2, 0) is 14.3 Å². The zero-order chi connectivity index (χ0) is 9.19. The minimum Gasteiger partial charge on any atom is -0.507 e. The summed E-state index contributed by atoms with van der Waals surface area (Å²) in [7, 11) is -2.64. The molecule has 1 radical (unpaired) electrons. The third kappa shape index (κ3) is 1.75. The monoisotopic (exact) mass is 187 g/mol. The van der Waals surface area contributed by atoms with Crippen LogP contribution in [0, 0.1) is 6.07 Å². The van der Waals surface area contributed by atoms with E-state index in [0.29, 0.717) is 0 Å². The Morgan fingerprint density at radius 3 is 2.75 bits per heavy atom. The zero-order valence-corrected chi connectivity index (χ0v) is 7.13. The normalized spacial score (nSPS) is 11.4. The standard InChI is InChI=1S/C7H7O4S/c1-11-12(9,10)7-4-2-3-6(8)5-7/h2,4-5,8H,1H3. The van der Waals surface area contributed by atoms with Gasteiger partial charge >= 0.3 is 0 Å². The summed E-state index contributed by atoms with van der Waals surface area (Å²) in [5.74, 6) is -0.229. The smallest absolute Gasteiger partial charge is 0.296 e. The van der Waals surface area contributed by atoms with Crippen LogP contribution in [0.5, 0.6) is 5.75 Å². The van der Waals surface area contributed by atoms with E-state index in [1.807, 2.05) is 0 Å². The number of phenolic OH excluding ortho intramolecular Hbond substituents is 1. The highest BCUT2D eigenvalue weighted by molar-refractivity contribution is 7.86. The Morgan fingerprint density at radius 2 is 2.25 bits per heavy atom.